The third-order valence-electron chi connectivity index (χ3n) is 3.83. The maximum absolute atomic E-state index is 6.03. The SMILES string of the molecule is Cc1cccc(COc2cccc3c2NC(C)CC3)c1. The van der Waals surface area contributed by atoms with Crippen molar-refractivity contribution >= 4 is 5.69 Å². The summed E-state index contributed by atoms with van der Waals surface area (Å²) < 4.78 is 6.03. The largest absolute Gasteiger partial charge is 0.487 e. The first-order chi connectivity index (χ1) is 9.72. The van der Waals surface area contributed by atoms with Crippen molar-refractivity contribution in [3.8, 4) is 5.75 Å². The second-order valence-electron chi connectivity index (χ2n) is 5.65. The van der Waals surface area contributed by atoms with E-state index in [1.165, 1.54) is 28.8 Å². The highest BCUT2D eigenvalue weighted by Gasteiger charge is 2.17. The Morgan fingerprint density at radius 3 is 2.90 bits per heavy atom. The van der Waals surface area contributed by atoms with E-state index in [1.54, 1.807) is 0 Å². The summed E-state index contributed by atoms with van der Waals surface area (Å²) >= 11 is 0. The maximum atomic E-state index is 6.03. The predicted octanol–water partition coefficient (Wildman–Crippen LogP) is 4.32. The second-order valence-corrected chi connectivity index (χ2v) is 5.65. The molecule has 1 atom stereocenters. The van der Waals surface area contributed by atoms with E-state index in [2.05, 4.69) is 61.6 Å². The number of anilines is 1. The van der Waals surface area contributed by atoms with Gasteiger partial charge >= 0.3 is 0 Å². The van der Waals surface area contributed by atoms with Gasteiger partial charge in [-0.1, -0.05) is 42.0 Å². The van der Waals surface area contributed by atoms with Gasteiger partial charge < -0.3 is 10.1 Å². The molecular formula is C18H21NO. The summed E-state index contributed by atoms with van der Waals surface area (Å²) in [6.07, 6.45) is 2.32. The highest BCUT2D eigenvalue weighted by molar-refractivity contribution is 5.64. The van der Waals surface area contributed by atoms with E-state index in [9.17, 15) is 0 Å². The van der Waals surface area contributed by atoms with Crippen LogP contribution in [0.25, 0.3) is 0 Å². The van der Waals surface area contributed by atoms with Gasteiger partial charge in [0.15, 0.2) is 0 Å². The van der Waals surface area contributed by atoms with Crippen molar-refractivity contribution in [2.75, 3.05) is 5.32 Å². The molecule has 20 heavy (non-hydrogen) atoms. The van der Waals surface area contributed by atoms with E-state index in [4.69, 9.17) is 4.74 Å². The molecule has 2 heteroatoms. The van der Waals surface area contributed by atoms with Gasteiger partial charge in [-0.15, -0.1) is 0 Å². The molecule has 2 nitrogen and oxygen atoms in total. The summed E-state index contributed by atoms with van der Waals surface area (Å²) in [5, 5.41) is 3.55. The van der Waals surface area contributed by atoms with Crippen molar-refractivity contribution in [1.29, 1.82) is 0 Å². The minimum atomic E-state index is 0.520. The molecule has 0 radical (unpaired) electrons. The van der Waals surface area contributed by atoms with Crippen LogP contribution >= 0.6 is 0 Å². The normalized spacial score (nSPS) is 17.2. The van der Waals surface area contributed by atoms with Crippen molar-refractivity contribution in [3.63, 3.8) is 0 Å². The van der Waals surface area contributed by atoms with Gasteiger partial charge in [-0.2, -0.15) is 0 Å². The van der Waals surface area contributed by atoms with Gasteiger partial charge in [0.25, 0.3) is 0 Å². The molecule has 0 saturated carbocycles. The number of hydrogen-bond donors (Lipinski definition) is 1. The molecule has 0 spiro atoms. The van der Waals surface area contributed by atoms with Crippen LogP contribution in [0.5, 0.6) is 5.75 Å². The Labute approximate surface area is 120 Å². The van der Waals surface area contributed by atoms with Crippen LogP contribution in [0, 0.1) is 6.92 Å². The van der Waals surface area contributed by atoms with E-state index >= 15 is 0 Å². The molecule has 1 N–H and O–H groups in total. The lowest BCUT2D eigenvalue weighted by atomic mass is 9.98. The molecule has 3 rings (SSSR count). The maximum Gasteiger partial charge on any atom is 0.143 e. The van der Waals surface area contributed by atoms with Gasteiger partial charge in [-0.25, -0.2) is 0 Å². The van der Waals surface area contributed by atoms with Gasteiger partial charge in [0.1, 0.15) is 12.4 Å². The van der Waals surface area contributed by atoms with Gasteiger partial charge in [-0.05, 0) is 43.9 Å². The van der Waals surface area contributed by atoms with E-state index < -0.39 is 0 Å². The van der Waals surface area contributed by atoms with Gasteiger partial charge in [0.05, 0.1) is 5.69 Å². The molecule has 2 aromatic rings. The average molecular weight is 267 g/mol. The van der Waals surface area contributed by atoms with Crippen LogP contribution in [0.1, 0.15) is 30.0 Å². The zero-order valence-electron chi connectivity index (χ0n) is 12.1. The number of rotatable bonds is 3. The number of fused-ring (bicyclic) bond motifs is 1. The van der Waals surface area contributed by atoms with Crippen LogP contribution in [-0.4, -0.2) is 6.04 Å². The van der Waals surface area contributed by atoms with Crippen LogP contribution in [0.4, 0.5) is 5.69 Å². The highest BCUT2D eigenvalue weighted by Crippen LogP contribution is 2.34. The van der Waals surface area contributed by atoms with E-state index in [0.29, 0.717) is 12.6 Å². The predicted molar refractivity (Wildman–Crippen MR) is 83.4 cm³/mol. The Kier molecular flexibility index (Phi) is 3.64. The molecule has 0 aromatic heterocycles. The Bertz CT molecular complexity index is 606. The number of hydrogen-bond acceptors (Lipinski definition) is 2. The monoisotopic (exact) mass is 267 g/mol. The molecule has 2 aromatic carbocycles. The topological polar surface area (TPSA) is 21.3 Å². The third kappa shape index (κ3) is 2.79. The van der Waals surface area contributed by atoms with E-state index in [0.717, 1.165) is 12.2 Å². The fraction of sp³-hybridized carbons (Fsp3) is 0.333. The number of aryl methyl sites for hydroxylation is 2. The van der Waals surface area contributed by atoms with Crippen LogP contribution in [-0.2, 0) is 13.0 Å². The number of para-hydroxylation sites is 1. The van der Waals surface area contributed by atoms with Gasteiger partial charge in [0, 0.05) is 6.04 Å². The molecule has 104 valence electrons. The molecule has 0 amide bonds. The number of ether oxygens (including phenoxy) is 1. The first-order valence-corrected chi connectivity index (χ1v) is 7.29. The van der Waals surface area contributed by atoms with E-state index in [-0.39, 0.29) is 0 Å². The number of benzene rings is 2. The minimum absolute atomic E-state index is 0.520. The van der Waals surface area contributed by atoms with Crippen molar-refractivity contribution in [3.05, 3.63) is 59.2 Å². The minimum Gasteiger partial charge on any atom is -0.487 e. The summed E-state index contributed by atoms with van der Waals surface area (Å²) in [5.41, 5.74) is 5.03. The quantitative estimate of drug-likeness (QED) is 0.894. The first-order valence-electron chi connectivity index (χ1n) is 7.29. The lowest BCUT2D eigenvalue weighted by Gasteiger charge is -2.26. The Morgan fingerprint density at radius 1 is 1.20 bits per heavy atom. The van der Waals surface area contributed by atoms with Gasteiger partial charge in [0.2, 0.25) is 0 Å². The van der Waals surface area contributed by atoms with Crippen molar-refractivity contribution < 1.29 is 4.74 Å². The molecular weight excluding hydrogens is 246 g/mol. The smallest absolute Gasteiger partial charge is 0.143 e. The van der Waals surface area contributed by atoms with Crippen molar-refractivity contribution in [2.45, 2.75) is 39.3 Å². The van der Waals surface area contributed by atoms with Crippen LogP contribution < -0.4 is 10.1 Å². The lowest BCUT2D eigenvalue weighted by Crippen LogP contribution is -2.22. The lowest BCUT2D eigenvalue weighted by molar-refractivity contribution is 0.306. The molecule has 0 bridgehead atoms. The highest BCUT2D eigenvalue weighted by atomic mass is 16.5. The molecule has 1 aliphatic rings. The molecule has 1 heterocycles. The summed E-state index contributed by atoms with van der Waals surface area (Å²) in [5.74, 6) is 0.968. The fourth-order valence-corrected chi connectivity index (χ4v) is 2.72. The Hall–Kier alpha value is -1.96. The van der Waals surface area contributed by atoms with Crippen molar-refractivity contribution in [2.24, 2.45) is 0 Å². The Balaban J connectivity index is 1.78. The molecule has 0 fully saturated rings. The van der Waals surface area contributed by atoms with Crippen LogP contribution in [0.2, 0.25) is 0 Å². The summed E-state index contributed by atoms with van der Waals surface area (Å²) in [7, 11) is 0. The van der Waals surface area contributed by atoms with Crippen LogP contribution in [0.15, 0.2) is 42.5 Å². The standard InChI is InChI=1S/C18H21NO/c1-13-5-3-6-15(11-13)12-20-17-8-4-7-16-10-9-14(2)19-18(16)17/h3-8,11,14,19H,9-10,12H2,1-2H3. The summed E-state index contributed by atoms with van der Waals surface area (Å²) in [4.78, 5) is 0. The third-order valence-corrected chi connectivity index (χ3v) is 3.83. The number of nitrogens with one attached hydrogen (secondary N) is 1. The van der Waals surface area contributed by atoms with Crippen molar-refractivity contribution in [1.82, 2.24) is 0 Å². The first kappa shape index (κ1) is 13.0. The molecule has 1 unspecified atom stereocenters. The zero-order valence-corrected chi connectivity index (χ0v) is 12.1. The van der Waals surface area contributed by atoms with E-state index in [1.807, 2.05) is 0 Å². The molecule has 1 aliphatic heterocycles. The van der Waals surface area contributed by atoms with Gasteiger partial charge in [-0.3, -0.25) is 0 Å². The van der Waals surface area contributed by atoms with Crippen LogP contribution in [0.3, 0.4) is 0 Å². The molecule has 0 aliphatic carbocycles. The zero-order chi connectivity index (χ0) is 13.9. The molecule has 0 saturated heterocycles. The summed E-state index contributed by atoms with van der Waals surface area (Å²) in [6.45, 7) is 4.95. The fourth-order valence-electron chi connectivity index (χ4n) is 2.72. The Morgan fingerprint density at radius 2 is 2.05 bits per heavy atom. The average Bonchev–Trinajstić information content (AvgIpc) is 2.45. The summed E-state index contributed by atoms with van der Waals surface area (Å²) in [6, 6.07) is 15.3. The second kappa shape index (κ2) is 5.58.